The number of carbonyl (C=O) groups excluding carboxylic acids is 1. The van der Waals surface area contributed by atoms with Crippen LogP contribution in [-0.4, -0.2) is 37.7 Å². The number of nitrogens with one attached hydrogen (secondary N) is 2. The summed E-state index contributed by atoms with van der Waals surface area (Å²) >= 11 is 0. The second-order valence-corrected chi connectivity index (χ2v) is 8.98. The van der Waals surface area contributed by atoms with Gasteiger partial charge < -0.3 is 20.3 Å². The van der Waals surface area contributed by atoms with E-state index in [2.05, 4.69) is 31.4 Å². The minimum atomic E-state index is -0.959. The Morgan fingerprint density at radius 3 is 2.65 bits per heavy atom. The van der Waals surface area contributed by atoms with Crippen LogP contribution < -0.4 is 21.6 Å². The Bertz CT molecular complexity index is 1350. The van der Waals surface area contributed by atoms with Crippen LogP contribution in [0.4, 0.5) is 10.1 Å². The second-order valence-electron chi connectivity index (χ2n) is 8.98. The number of anilines is 1. The molecule has 1 amide bonds. The molecule has 0 saturated carbocycles. The first-order chi connectivity index (χ1) is 17.6. The predicted octanol–water partition coefficient (Wildman–Crippen LogP) is 1.34. The van der Waals surface area contributed by atoms with Crippen LogP contribution in [0.3, 0.4) is 0 Å². The molecule has 194 valence electrons. The Morgan fingerprint density at radius 2 is 2.05 bits per heavy atom. The van der Waals surface area contributed by atoms with E-state index in [1.165, 1.54) is 25.7 Å². The lowest BCUT2D eigenvalue weighted by Gasteiger charge is -2.33. The summed E-state index contributed by atoms with van der Waals surface area (Å²) in [4.78, 5) is 30.1. The van der Waals surface area contributed by atoms with Crippen LogP contribution >= 0.6 is 0 Å². The molecule has 2 aromatic heterocycles. The van der Waals surface area contributed by atoms with Gasteiger partial charge in [0.05, 0.1) is 23.8 Å². The minimum absolute atomic E-state index is 0.0391. The topological polar surface area (TPSA) is 172 Å². The van der Waals surface area contributed by atoms with Crippen LogP contribution in [0.15, 0.2) is 57.9 Å². The quantitative estimate of drug-likeness (QED) is 0.366. The largest absolute Gasteiger partial charge is 0.501 e. The number of carbonyl (C=O) groups is 1. The van der Waals surface area contributed by atoms with Crippen LogP contribution in [0, 0.1) is 29.1 Å². The van der Waals surface area contributed by atoms with Gasteiger partial charge in [-0.15, -0.1) is 4.39 Å². The van der Waals surface area contributed by atoms with E-state index in [-0.39, 0.29) is 23.1 Å². The van der Waals surface area contributed by atoms with Crippen molar-refractivity contribution in [1.82, 2.24) is 20.0 Å². The summed E-state index contributed by atoms with van der Waals surface area (Å²) in [6, 6.07) is 2.18. The van der Waals surface area contributed by atoms with Crippen LogP contribution in [0.25, 0.3) is 0 Å². The first-order valence-electron chi connectivity index (χ1n) is 11.6. The van der Waals surface area contributed by atoms with Crippen molar-refractivity contribution < 1.29 is 24.2 Å². The van der Waals surface area contributed by atoms with E-state index in [0.29, 0.717) is 0 Å². The molecule has 0 saturated heterocycles. The van der Waals surface area contributed by atoms with E-state index >= 15 is 0 Å². The molecule has 37 heavy (non-hydrogen) atoms. The summed E-state index contributed by atoms with van der Waals surface area (Å²) in [6.45, 7) is 5.43. The smallest absolute Gasteiger partial charge is 0.355 e. The van der Waals surface area contributed by atoms with E-state index in [0.717, 1.165) is 4.57 Å². The Kier molecular flexibility index (Phi) is 8.39. The van der Waals surface area contributed by atoms with Gasteiger partial charge in [-0.1, -0.05) is 36.4 Å². The lowest BCUT2D eigenvalue weighted by molar-refractivity contribution is -0.126. The Labute approximate surface area is 212 Å². The molecule has 1 aliphatic carbocycles. The zero-order chi connectivity index (χ0) is 27.3. The molecule has 3 rings (SSSR count). The fourth-order valence-corrected chi connectivity index (χ4v) is 4.28. The summed E-state index contributed by atoms with van der Waals surface area (Å²) in [6.07, 6.45) is 10.8. The van der Waals surface area contributed by atoms with Crippen molar-refractivity contribution in [3.05, 3.63) is 70.4 Å². The number of nitrogens with two attached hydrogens (primary N) is 1. The van der Waals surface area contributed by atoms with Gasteiger partial charge in [-0.3, -0.25) is 14.2 Å². The number of aromatic nitrogens is 3. The molecular weight excluding hydrogens is 481 g/mol. The van der Waals surface area contributed by atoms with Gasteiger partial charge in [0.2, 0.25) is 5.75 Å². The van der Waals surface area contributed by atoms with Crippen LogP contribution in [0.2, 0.25) is 0 Å². The van der Waals surface area contributed by atoms with E-state index in [9.17, 15) is 24.3 Å². The van der Waals surface area contributed by atoms with Gasteiger partial charge in [0.1, 0.15) is 17.8 Å². The van der Waals surface area contributed by atoms with Gasteiger partial charge in [0.25, 0.3) is 11.5 Å². The average molecular weight is 511 g/mol. The van der Waals surface area contributed by atoms with Crippen molar-refractivity contribution >= 4 is 17.6 Å². The fourth-order valence-electron chi connectivity index (χ4n) is 4.28. The molecule has 2 heterocycles. The van der Waals surface area contributed by atoms with E-state index in [4.69, 9.17) is 5.41 Å². The maximum absolute atomic E-state index is 14.8. The van der Waals surface area contributed by atoms with E-state index in [1.807, 2.05) is 13.8 Å². The number of nitrogens with zero attached hydrogens (tertiary/aromatic N) is 4. The highest BCUT2D eigenvalue weighted by Gasteiger charge is 2.40. The number of rotatable bonds is 9. The van der Waals surface area contributed by atoms with Crippen molar-refractivity contribution in [1.29, 1.82) is 5.26 Å². The van der Waals surface area contributed by atoms with Crippen molar-refractivity contribution in [3.8, 4) is 11.8 Å². The molecule has 2 aromatic rings. The van der Waals surface area contributed by atoms with Crippen molar-refractivity contribution in [2.45, 2.75) is 32.7 Å². The summed E-state index contributed by atoms with van der Waals surface area (Å²) in [5.41, 5.74) is -1.11. The highest BCUT2D eigenvalue weighted by atomic mass is 19.1. The third kappa shape index (κ3) is 5.83. The molecule has 5 N–H and O–H groups in total. The van der Waals surface area contributed by atoms with E-state index < -0.39 is 52.5 Å². The molecule has 11 nitrogen and oxygen atoms in total. The van der Waals surface area contributed by atoms with Gasteiger partial charge >= 0.3 is 5.97 Å². The number of hydrogen-bond acceptors (Lipinski definition) is 8. The van der Waals surface area contributed by atoms with Gasteiger partial charge in [0.15, 0.2) is 5.69 Å². The number of amides is 1. The average Bonchev–Trinajstić information content (AvgIpc) is 3.37. The lowest BCUT2D eigenvalue weighted by atomic mass is 9.70. The minimum Gasteiger partial charge on any atom is -0.501 e. The molecule has 1 aliphatic rings. The van der Waals surface area contributed by atoms with Crippen LogP contribution in [-0.2, 0) is 7.05 Å². The zero-order valence-electron chi connectivity index (χ0n) is 20.8. The Balaban J connectivity index is 2.17. The molecule has 0 aromatic carbocycles. The van der Waals surface area contributed by atoms with Gasteiger partial charge in [0, 0.05) is 37.0 Å². The number of halogens is 1. The van der Waals surface area contributed by atoms with Gasteiger partial charge in [-0.25, -0.2) is 10.4 Å². The molecule has 4 atom stereocenters. The van der Waals surface area contributed by atoms with Gasteiger partial charge in [-0.05, 0) is 13.8 Å². The predicted molar refractivity (Wildman–Crippen MR) is 133 cm³/mol. The Hall–Kier alpha value is -4.53. The molecule has 0 radical (unpaired) electrons. The maximum atomic E-state index is 14.8. The number of allylic oxidation sites excluding steroid dienone is 5. The summed E-state index contributed by atoms with van der Waals surface area (Å²) in [5.74, 6) is -5.28. The third-order valence-corrected chi connectivity index (χ3v) is 6.10. The highest BCUT2D eigenvalue weighted by molar-refractivity contribution is 6.04. The standard InChI is InChI=1S/C25H28FN7O4/c1-13(2)29-11-18(22(26)28)19(17-8-6-5-7-15(17)9-27)14(3)23-32-20(21(34)25(36)33(23)4)24(35)31-16-10-30-37-12-16/h5-8,10-15,17,19,28-29,34H,1-4H3,(H,31,35)/p+1/b18-11-,28-22?. The monoisotopic (exact) mass is 510 g/mol. The first kappa shape index (κ1) is 27.1. The first-order valence-corrected chi connectivity index (χ1v) is 11.6. The SMILES string of the molecule is CC(C)N/C=C(\C(=[NH2+])F)C(C(C)c1nc(C(=O)Nc2cnoc2)c(O)c(=O)n1C)C1C=CC=CC1C#N. The Morgan fingerprint density at radius 1 is 1.35 bits per heavy atom. The molecular formula is C25H29FN7O4+. The normalized spacial score (nSPS) is 18.8. The summed E-state index contributed by atoms with van der Waals surface area (Å²) in [5, 5.41) is 34.9. The molecule has 4 unspecified atom stereocenters. The molecule has 0 fully saturated rings. The van der Waals surface area contributed by atoms with E-state index in [1.54, 1.807) is 31.2 Å². The zero-order valence-corrected chi connectivity index (χ0v) is 20.8. The molecule has 0 aliphatic heterocycles. The summed E-state index contributed by atoms with van der Waals surface area (Å²) in [7, 11) is 1.39. The molecule has 12 heteroatoms. The fraction of sp³-hybridized carbons (Fsp3) is 0.360. The van der Waals surface area contributed by atoms with Crippen molar-refractivity contribution in [2.24, 2.45) is 24.8 Å². The second kappa shape index (κ2) is 11.5. The van der Waals surface area contributed by atoms with Crippen molar-refractivity contribution in [2.75, 3.05) is 5.32 Å². The van der Waals surface area contributed by atoms with Crippen LogP contribution in [0.1, 0.15) is 43.0 Å². The third-order valence-electron chi connectivity index (χ3n) is 6.10. The van der Waals surface area contributed by atoms with Gasteiger partial charge in [-0.2, -0.15) is 5.26 Å². The lowest BCUT2D eigenvalue weighted by Crippen LogP contribution is -2.43. The maximum Gasteiger partial charge on any atom is 0.355 e. The number of hydrogen-bond donors (Lipinski definition) is 4. The molecule has 0 spiro atoms. The van der Waals surface area contributed by atoms with Crippen LogP contribution in [0.5, 0.6) is 5.75 Å². The summed E-state index contributed by atoms with van der Waals surface area (Å²) < 4.78 is 20.6. The molecule has 0 bridgehead atoms. The number of aromatic hydroxyl groups is 1. The number of nitriles is 1. The highest BCUT2D eigenvalue weighted by Crippen LogP contribution is 2.41. The van der Waals surface area contributed by atoms with Crippen molar-refractivity contribution in [3.63, 3.8) is 0 Å².